The molecule has 0 bridgehead atoms. The summed E-state index contributed by atoms with van der Waals surface area (Å²) in [7, 11) is 1.36. The fraction of sp³-hybridized carbons (Fsp3) is 0.222. The second-order valence-electron chi connectivity index (χ2n) is 5.94. The van der Waals surface area contributed by atoms with Gasteiger partial charge in [-0.2, -0.15) is 0 Å². The molecule has 0 aliphatic rings. The van der Waals surface area contributed by atoms with Gasteiger partial charge >= 0.3 is 11.8 Å². The molecule has 1 heterocycles. The molecule has 0 aliphatic carbocycles. The molecule has 26 heavy (non-hydrogen) atoms. The van der Waals surface area contributed by atoms with Crippen LogP contribution in [-0.4, -0.2) is 17.7 Å². The van der Waals surface area contributed by atoms with E-state index < -0.39 is 17.6 Å². The number of urea groups is 1. The third-order valence-electron chi connectivity index (χ3n) is 3.80. The van der Waals surface area contributed by atoms with Gasteiger partial charge in [-0.05, 0) is 38.1 Å². The van der Waals surface area contributed by atoms with Crippen molar-refractivity contribution >= 4 is 28.5 Å². The fourth-order valence-corrected chi connectivity index (χ4v) is 2.64. The number of fused-ring (bicyclic) bond motifs is 1. The van der Waals surface area contributed by atoms with Crippen molar-refractivity contribution < 1.29 is 18.3 Å². The maximum absolute atomic E-state index is 13.7. The van der Waals surface area contributed by atoms with E-state index in [4.69, 9.17) is 9.15 Å². The van der Waals surface area contributed by atoms with Crippen molar-refractivity contribution in [2.75, 3.05) is 17.7 Å². The lowest BCUT2D eigenvalue weighted by Crippen LogP contribution is -2.19. The number of carbonyl (C=O) groups is 1. The van der Waals surface area contributed by atoms with Gasteiger partial charge in [-0.25, -0.2) is 14.0 Å². The highest BCUT2D eigenvalue weighted by Gasteiger charge is 2.13. The number of halogens is 1. The van der Waals surface area contributed by atoms with Crippen LogP contribution in [-0.2, 0) is 0 Å². The van der Waals surface area contributed by atoms with Gasteiger partial charge in [0, 0.05) is 29.5 Å². The standard InChI is InChI=1S/C18H18FN3O4/c1-10(2)22-14-6-4-12(9-16(14)26-18(22)24)21-17(23)20-11-5-7-15(25-3)13(19)8-11/h4-10H,1-3H3,(H2,20,21,23). The van der Waals surface area contributed by atoms with E-state index in [0.717, 1.165) is 6.07 Å². The molecule has 0 unspecified atom stereocenters. The van der Waals surface area contributed by atoms with E-state index in [1.165, 1.54) is 23.8 Å². The number of anilines is 2. The number of hydrogen-bond donors (Lipinski definition) is 2. The van der Waals surface area contributed by atoms with Crippen LogP contribution in [0.2, 0.25) is 0 Å². The third kappa shape index (κ3) is 3.39. The summed E-state index contributed by atoms with van der Waals surface area (Å²) in [6.45, 7) is 3.76. The third-order valence-corrected chi connectivity index (χ3v) is 3.80. The van der Waals surface area contributed by atoms with Gasteiger partial charge < -0.3 is 19.8 Å². The Labute approximate surface area is 148 Å². The number of methoxy groups -OCH3 is 1. The van der Waals surface area contributed by atoms with E-state index in [1.54, 1.807) is 18.2 Å². The molecule has 3 rings (SSSR count). The largest absolute Gasteiger partial charge is 0.494 e. The van der Waals surface area contributed by atoms with Gasteiger partial charge in [0.2, 0.25) is 0 Å². The highest BCUT2D eigenvalue weighted by molar-refractivity contribution is 6.00. The minimum Gasteiger partial charge on any atom is -0.494 e. The number of amides is 2. The van der Waals surface area contributed by atoms with Crippen molar-refractivity contribution in [3.05, 3.63) is 52.8 Å². The number of aromatic nitrogens is 1. The molecule has 0 saturated heterocycles. The molecule has 3 aromatic rings. The summed E-state index contributed by atoms with van der Waals surface area (Å²) in [4.78, 5) is 24.0. The summed E-state index contributed by atoms with van der Waals surface area (Å²) in [5.41, 5.74) is 1.73. The predicted molar refractivity (Wildman–Crippen MR) is 96.5 cm³/mol. The number of hydrogen-bond acceptors (Lipinski definition) is 4. The van der Waals surface area contributed by atoms with E-state index >= 15 is 0 Å². The summed E-state index contributed by atoms with van der Waals surface area (Å²) < 4.78 is 25.2. The summed E-state index contributed by atoms with van der Waals surface area (Å²) in [5, 5.41) is 5.14. The van der Waals surface area contributed by atoms with Crippen LogP contribution in [0.15, 0.2) is 45.6 Å². The molecule has 0 fully saturated rings. The van der Waals surface area contributed by atoms with Crippen LogP contribution in [0.5, 0.6) is 5.75 Å². The smallest absolute Gasteiger partial charge is 0.420 e. The molecule has 0 aliphatic heterocycles. The maximum Gasteiger partial charge on any atom is 0.420 e. The van der Waals surface area contributed by atoms with Crippen molar-refractivity contribution in [2.45, 2.75) is 19.9 Å². The predicted octanol–water partition coefficient (Wildman–Crippen LogP) is 3.97. The summed E-state index contributed by atoms with van der Waals surface area (Å²) in [5.74, 6) is -0.945. The lowest BCUT2D eigenvalue weighted by atomic mass is 10.2. The summed E-state index contributed by atoms with van der Waals surface area (Å²) in [6.07, 6.45) is 0. The Balaban J connectivity index is 1.77. The average molecular weight is 359 g/mol. The second kappa shape index (κ2) is 6.91. The molecular weight excluding hydrogens is 341 g/mol. The van der Waals surface area contributed by atoms with Crippen LogP contribution in [0, 0.1) is 5.82 Å². The zero-order chi connectivity index (χ0) is 18.8. The van der Waals surface area contributed by atoms with Gasteiger partial charge in [0.05, 0.1) is 12.6 Å². The molecule has 1 aromatic heterocycles. The molecule has 0 radical (unpaired) electrons. The Morgan fingerprint density at radius 2 is 1.81 bits per heavy atom. The number of rotatable bonds is 4. The van der Waals surface area contributed by atoms with Gasteiger partial charge in [0.1, 0.15) is 0 Å². The molecule has 2 N–H and O–H groups in total. The fourth-order valence-electron chi connectivity index (χ4n) is 2.64. The lowest BCUT2D eigenvalue weighted by molar-refractivity contribution is 0.262. The Hall–Kier alpha value is -3.29. The van der Waals surface area contributed by atoms with Crippen LogP contribution >= 0.6 is 0 Å². The van der Waals surface area contributed by atoms with Crippen molar-refractivity contribution in [2.24, 2.45) is 0 Å². The molecule has 0 saturated carbocycles. The number of ether oxygens (including phenoxy) is 1. The SMILES string of the molecule is COc1ccc(NC(=O)Nc2ccc3c(c2)oc(=O)n3C(C)C)cc1F. The average Bonchev–Trinajstić information content (AvgIpc) is 2.90. The summed E-state index contributed by atoms with van der Waals surface area (Å²) in [6, 6.07) is 8.41. The van der Waals surface area contributed by atoms with E-state index in [2.05, 4.69) is 10.6 Å². The molecular formula is C18H18FN3O4. The summed E-state index contributed by atoms with van der Waals surface area (Å²) >= 11 is 0. The Morgan fingerprint density at radius 3 is 2.42 bits per heavy atom. The Kier molecular flexibility index (Phi) is 4.66. The topological polar surface area (TPSA) is 85.5 Å². The Morgan fingerprint density at radius 1 is 1.15 bits per heavy atom. The highest BCUT2D eigenvalue weighted by Crippen LogP contribution is 2.22. The van der Waals surface area contributed by atoms with Gasteiger partial charge in [0.15, 0.2) is 17.1 Å². The van der Waals surface area contributed by atoms with Crippen LogP contribution in [0.1, 0.15) is 19.9 Å². The van der Waals surface area contributed by atoms with Gasteiger partial charge in [-0.1, -0.05) is 0 Å². The van der Waals surface area contributed by atoms with Crippen LogP contribution in [0.4, 0.5) is 20.6 Å². The number of benzene rings is 2. The first kappa shape index (κ1) is 17.5. The lowest BCUT2D eigenvalue weighted by Gasteiger charge is -2.09. The van der Waals surface area contributed by atoms with E-state index in [-0.39, 0.29) is 17.5 Å². The highest BCUT2D eigenvalue weighted by atomic mass is 19.1. The number of nitrogens with zero attached hydrogens (tertiary/aromatic N) is 1. The number of nitrogens with one attached hydrogen (secondary N) is 2. The van der Waals surface area contributed by atoms with Crippen LogP contribution in [0.3, 0.4) is 0 Å². The molecule has 2 amide bonds. The minimum atomic E-state index is -0.580. The van der Waals surface area contributed by atoms with Crippen LogP contribution < -0.4 is 21.1 Å². The minimum absolute atomic E-state index is 0.0455. The second-order valence-corrected chi connectivity index (χ2v) is 5.94. The zero-order valence-corrected chi connectivity index (χ0v) is 14.5. The van der Waals surface area contributed by atoms with E-state index in [1.807, 2.05) is 13.8 Å². The molecule has 0 atom stereocenters. The molecule has 0 spiro atoms. The monoisotopic (exact) mass is 359 g/mol. The van der Waals surface area contributed by atoms with Crippen molar-refractivity contribution in [3.63, 3.8) is 0 Å². The van der Waals surface area contributed by atoms with Crippen molar-refractivity contribution in [1.82, 2.24) is 4.57 Å². The first-order valence-electron chi connectivity index (χ1n) is 7.95. The molecule has 2 aromatic carbocycles. The zero-order valence-electron chi connectivity index (χ0n) is 14.5. The van der Waals surface area contributed by atoms with E-state index in [0.29, 0.717) is 16.8 Å². The normalized spacial score (nSPS) is 11.0. The molecule has 136 valence electrons. The molecule has 7 nitrogen and oxygen atoms in total. The number of carbonyl (C=O) groups excluding carboxylic acids is 1. The van der Waals surface area contributed by atoms with E-state index in [9.17, 15) is 14.0 Å². The molecule has 8 heteroatoms. The van der Waals surface area contributed by atoms with Crippen molar-refractivity contribution in [1.29, 1.82) is 0 Å². The quantitative estimate of drug-likeness (QED) is 0.738. The first-order valence-corrected chi connectivity index (χ1v) is 7.95. The van der Waals surface area contributed by atoms with Crippen LogP contribution in [0.25, 0.3) is 11.1 Å². The van der Waals surface area contributed by atoms with Gasteiger partial charge in [0.25, 0.3) is 0 Å². The van der Waals surface area contributed by atoms with Crippen molar-refractivity contribution in [3.8, 4) is 5.75 Å². The first-order chi connectivity index (χ1) is 12.4. The maximum atomic E-state index is 13.7. The van der Waals surface area contributed by atoms with Gasteiger partial charge in [-0.15, -0.1) is 0 Å². The Bertz CT molecular complexity index is 1020. The number of oxazole rings is 1. The van der Waals surface area contributed by atoms with Gasteiger partial charge in [-0.3, -0.25) is 4.57 Å².